The lowest BCUT2D eigenvalue weighted by Crippen LogP contribution is -2.19. The molecule has 0 aliphatic heterocycles. The van der Waals surface area contributed by atoms with Crippen LogP contribution in [0.5, 0.6) is 5.75 Å². The Labute approximate surface area is 120 Å². The molecule has 1 aromatic carbocycles. The van der Waals surface area contributed by atoms with E-state index in [0.717, 1.165) is 18.7 Å². The Morgan fingerprint density at radius 2 is 2.15 bits per heavy atom. The SMILES string of the molecule is CC(C)CNCc1ccc(OCOCC2CC2)c(F)c1. The number of hydrogen-bond acceptors (Lipinski definition) is 3. The number of rotatable bonds is 9. The van der Waals surface area contributed by atoms with Crippen LogP contribution >= 0.6 is 0 Å². The summed E-state index contributed by atoms with van der Waals surface area (Å²) < 4.78 is 24.5. The van der Waals surface area contributed by atoms with Gasteiger partial charge in [-0.15, -0.1) is 0 Å². The van der Waals surface area contributed by atoms with E-state index in [2.05, 4.69) is 19.2 Å². The third-order valence-corrected chi connectivity index (χ3v) is 3.23. The maximum Gasteiger partial charge on any atom is 0.189 e. The zero-order chi connectivity index (χ0) is 14.4. The van der Waals surface area contributed by atoms with Crippen LogP contribution in [0.15, 0.2) is 18.2 Å². The lowest BCUT2D eigenvalue weighted by atomic mass is 10.2. The van der Waals surface area contributed by atoms with Crippen LogP contribution in [0, 0.1) is 17.7 Å². The maximum atomic E-state index is 13.8. The highest BCUT2D eigenvalue weighted by atomic mass is 19.1. The van der Waals surface area contributed by atoms with Crippen LogP contribution in [0.4, 0.5) is 4.39 Å². The first-order valence-electron chi connectivity index (χ1n) is 7.35. The smallest absolute Gasteiger partial charge is 0.189 e. The van der Waals surface area contributed by atoms with Crippen LogP contribution < -0.4 is 10.1 Å². The average Bonchev–Trinajstić information content (AvgIpc) is 3.20. The van der Waals surface area contributed by atoms with E-state index in [1.165, 1.54) is 18.9 Å². The van der Waals surface area contributed by atoms with Crippen LogP contribution in [-0.4, -0.2) is 19.9 Å². The van der Waals surface area contributed by atoms with Gasteiger partial charge in [0.25, 0.3) is 0 Å². The van der Waals surface area contributed by atoms with Crippen molar-refractivity contribution < 1.29 is 13.9 Å². The van der Waals surface area contributed by atoms with Crippen LogP contribution in [0.1, 0.15) is 32.3 Å². The quantitative estimate of drug-likeness (QED) is 0.556. The molecule has 0 radical (unpaired) electrons. The minimum atomic E-state index is -0.330. The van der Waals surface area contributed by atoms with Gasteiger partial charge < -0.3 is 14.8 Å². The fourth-order valence-corrected chi connectivity index (χ4v) is 1.88. The highest BCUT2D eigenvalue weighted by Gasteiger charge is 2.21. The second-order valence-electron chi connectivity index (χ2n) is 5.87. The largest absolute Gasteiger partial charge is 0.464 e. The molecule has 1 fully saturated rings. The molecule has 1 aliphatic rings. The number of ether oxygens (including phenoxy) is 2. The van der Waals surface area contributed by atoms with E-state index in [9.17, 15) is 4.39 Å². The summed E-state index contributed by atoms with van der Waals surface area (Å²) in [6.07, 6.45) is 2.48. The molecule has 0 aromatic heterocycles. The molecular formula is C16H24FNO2. The summed E-state index contributed by atoms with van der Waals surface area (Å²) in [5, 5.41) is 3.29. The van der Waals surface area contributed by atoms with E-state index in [4.69, 9.17) is 9.47 Å². The molecule has 1 aromatic rings. The van der Waals surface area contributed by atoms with Gasteiger partial charge in [0.15, 0.2) is 18.4 Å². The lowest BCUT2D eigenvalue weighted by Gasteiger charge is -2.10. The van der Waals surface area contributed by atoms with Crippen LogP contribution in [-0.2, 0) is 11.3 Å². The molecule has 112 valence electrons. The fourth-order valence-electron chi connectivity index (χ4n) is 1.88. The first-order chi connectivity index (χ1) is 9.65. The molecule has 1 saturated carbocycles. The van der Waals surface area contributed by atoms with E-state index in [1.54, 1.807) is 6.07 Å². The highest BCUT2D eigenvalue weighted by Crippen LogP contribution is 2.28. The molecule has 0 heterocycles. The van der Waals surface area contributed by atoms with Crippen molar-refractivity contribution in [1.82, 2.24) is 5.32 Å². The Bertz CT molecular complexity index is 419. The Morgan fingerprint density at radius 3 is 2.80 bits per heavy atom. The molecule has 1 N–H and O–H groups in total. The molecule has 3 nitrogen and oxygen atoms in total. The van der Waals surface area contributed by atoms with E-state index in [-0.39, 0.29) is 18.4 Å². The summed E-state index contributed by atoms with van der Waals surface area (Å²) in [6.45, 7) is 6.73. The molecule has 2 rings (SSSR count). The molecule has 4 heteroatoms. The van der Waals surface area contributed by atoms with Crippen molar-refractivity contribution in [1.29, 1.82) is 0 Å². The number of hydrogen-bond donors (Lipinski definition) is 1. The molecule has 0 spiro atoms. The van der Waals surface area contributed by atoms with Crippen molar-refractivity contribution in [2.45, 2.75) is 33.2 Å². The third kappa shape index (κ3) is 5.47. The van der Waals surface area contributed by atoms with Crippen molar-refractivity contribution in [2.75, 3.05) is 19.9 Å². The molecule has 0 atom stereocenters. The molecule has 0 amide bonds. The Balaban J connectivity index is 1.72. The summed E-state index contributed by atoms with van der Waals surface area (Å²) in [5.41, 5.74) is 0.925. The highest BCUT2D eigenvalue weighted by molar-refractivity contribution is 5.29. The van der Waals surface area contributed by atoms with Gasteiger partial charge in [0.2, 0.25) is 0 Å². The molecule has 0 bridgehead atoms. The van der Waals surface area contributed by atoms with Gasteiger partial charge in [0.05, 0.1) is 6.61 Å². The normalized spacial score (nSPS) is 14.8. The summed E-state index contributed by atoms with van der Waals surface area (Å²) in [4.78, 5) is 0. The van der Waals surface area contributed by atoms with Crippen molar-refractivity contribution in [2.24, 2.45) is 11.8 Å². The van der Waals surface area contributed by atoms with Crippen LogP contribution in [0.2, 0.25) is 0 Å². The predicted octanol–water partition coefficient (Wildman–Crippen LogP) is 3.33. The Hall–Kier alpha value is -1.13. The van der Waals surface area contributed by atoms with Crippen molar-refractivity contribution in [3.8, 4) is 5.75 Å². The Kier molecular flexibility index (Phi) is 5.80. The van der Waals surface area contributed by atoms with Gasteiger partial charge in [-0.3, -0.25) is 0 Å². The summed E-state index contributed by atoms with van der Waals surface area (Å²) in [7, 11) is 0. The van der Waals surface area contributed by atoms with Crippen molar-refractivity contribution in [3.05, 3.63) is 29.6 Å². The first-order valence-corrected chi connectivity index (χ1v) is 7.35. The van der Waals surface area contributed by atoms with Gasteiger partial charge >= 0.3 is 0 Å². The summed E-state index contributed by atoms with van der Waals surface area (Å²) in [5.74, 6) is 1.21. The van der Waals surface area contributed by atoms with Gasteiger partial charge in [0, 0.05) is 6.54 Å². The number of benzene rings is 1. The fraction of sp³-hybridized carbons (Fsp3) is 0.625. The van der Waals surface area contributed by atoms with Crippen molar-refractivity contribution in [3.63, 3.8) is 0 Å². The minimum absolute atomic E-state index is 0.123. The van der Waals surface area contributed by atoms with E-state index in [0.29, 0.717) is 18.4 Å². The zero-order valence-electron chi connectivity index (χ0n) is 12.3. The second kappa shape index (κ2) is 7.60. The molecule has 0 saturated heterocycles. The number of halogens is 1. The Morgan fingerprint density at radius 1 is 1.35 bits per heavy atom. The number of nitrogens with one attached hydrogen (secondary N) is 1. The van der Waals surface area contributed by atoms with E-state index < -0.39 is 0 Å². The first kappa shape index (κ1) is 15.3. The van der Waals surface area contributed by atoms with Gasteiger partial charge in [0.1, 0.15) is 0 Å². The van der Waals surface area contributed by atoms with E-state index in [1.807, 2.05) is 6.07 Å². The van der Waals surface area contributed by atoms with Gasteiger partial charge in [-0.1, -0.05) is 19.9 Å². The van der Waals surface area contributed by atoms with Crippen LogP contribution in [0.25, 0.3) is 0 Å². The third-order valence-electron chi connectivity index (χ3n) is 3.23. The monoisotopic (exact) mass is 281 g/mol. The van der Waals surface area contributed by atoms with Crippen molar-refractivity contribution >= 4 is 0 Å². The van der Waals surface area contributed by atoms with Gasteiger partial charge in [-0.2, -0.15) is 0 Å². The van der Waals surface area contributed by atoms with Gasteiger partial charge in [-0.25, -0.2) is 4.39 Å². The average molecular weight is 281 g/mol. The van der Waals surface area contributed by atoms with Crippen LogP contribution in [0.3, 0.4) is 0 Å². The predicted molar refractivity (Wildman–Crippen MR) is 77.1 cm³/mol. The summed E-state index contributed by atoms with van der Waals surface area (Å²) in [6, 6.07) is 5.07. The molecule has 20 heavy (non-hydrogen) atoms. The summed E-state index contributed by atoms with van der Waals surface area (Å²) >= 11 is 0. The maximum absolute atomic E-state index is 13.8. The molecule has 1 aliphatic carbocycles. The second-order valence-corrected chi connectivity index (χ2v) is 5.87. The minimum Gasteiger partial charge on any atom is -0.464 e. The van der Waals surface area contributed by atoms with E-state index >= 15 is 0 Å². The topological polar surface area (TPSA) is 30.5 Å². The lowest BCUT2D eigenvalue weighted by molar-refractivity contribution is 0.00791. The molecule has 0 unspecified atom stereocenters. The van der Waals surface area contributed by atoms with Gasteiger partial charge in [-0.05, 0) is 48.9 Å². The molecular weight excluding hydrogens is 257 g/mol. The zero-order valence-corrected chi connectivity index (χ0v) is 12.3. The standard InChI is InChI=1S/C16H24FNO2/c1-12(2)8-18-9-14-5-6-16(15(17)7-14)20-11-19-10-13-3-4-13/h5-7,12-13,18H,3-4,8-11H2,1-2H3.